The van der Waals surface area contributed by atoms with Crippen molar-refractivity contribution >= 4 is 11.9 Å². The molecule has 0 radical (unpaired) electrons. The van der Waals surface area contributed by atoms with E-state index in [-0.39, 0.29) is 18.0 Å². The number of ether oxygens (including phenoxy) is 3. The molecule has 2 aromatic rings. The summed E-state index contributed by atoms with van der Waals surface area (Å²) < 4.78 is 28.4. The van der Waals surface area contributed by atoms with Crippen LogP contribution in [-0.4, -0.2) is 38.7 Å². The van der Waals surface area contributed by atoms with Gasteiger partial charge in [-0.1, -0.05) is 24.3 Å². The third kappa shape index (κ3) is 6.18. The van der Waals surface area contributed by atoms with Crippen molar-refractivity contribution in [2.75, 3.05) is 26.9 Å². The van der Waals surface area contributed by atoms with Gasteiger partial charge in [0.2, 0.25) is 0 Å². The molecule has 138 valence electrons. The van der Waals surface area contributed by atoms with Crippen LogP contribution >= 0.6 is 0 Å². The summed E-state index contributed by atoms with van der Waals surface area (Å²) >= 11 is 0. The van der Waals surface area contributed by atoms with E-state index in [0.29, 0.717) is 18.9 Å². The molecule has 0 spiro atoms. The lowest BCUT2D eigenvalue weighted by atomic mass is 10.2. The molecule has 0 heterocycles. The van der Waals surface area contributed by atoms with Gasteiger partial charge in [0.25, 0.3) is 5.91 Å². The summed E-state index contributed by atoms with van der Waals surface area (Å²) in [5.41, 5.74) is 0.964. The molecule has 0 bridgehead atoms. The number of methoxy groups -OCH3 is 1. The highest BCUT2D eigenvalue weighted by molar-refractivity contribution is 5.93. The molecule has 0 saturated carbocycles. The number of rotatable bonds is 9. The quantitative estimate of drug-likeness (QED) is 0.548. The first-order valence-corrected chi connectivity index (χ1v) is 7.99. The van der Waals surface area contributed by atoms with E-state index in [2.05, 4.69) is 5.32 Å². The maximum atomic E-state index is 12.9. The number of nitrogens with one attached hydrogen (secondary N) is 1. The highest BCUT2D eigenvalue weighted by atomic mass is 19.1. The van der Waals surface area contributed by atoms with Gasteiger partial charge in [-0.3, -0.25) is 4.79 Å². The van der Waals surface area contributed by atoms with Crippen LogP contribution in [0.1, 0.15) is 15.9 Å². The molecule has 0 aliphatic carbocycles. The zero-order valence-corrected chi connectivity index (χ0v) is 14.4. The molecule has 0 fully saturated rings. The Morgan fingerprint density at radius 3 is 2.54 bits per heavy atom. The number of halogens is 1. The Hall–Kier alpha value is -2.93. The number of carbonyl (C=O) groups is 2. The maximum absolute atomic E-state index is 12.9. The largest absolute Gasteiger partial charge is 0.488 e. The predicted molar refractivity (Wildman–Crippen MR) is 92.3 cm³/mol. The molecule has 1 N–H and O–H groups in total. The highest BCUT2D eigenvalue weighted by Crippen LogP contribution is 2.20. The van der Waals surface area contributed by atoms with Gasteiger partial charge < -0.3 is 19.5 Å². The Morgan fingerprint density at radius 1 is 1.08 bits per heavy atom. The van der Waals surface area contributed by atoms with Gasteiger partial charge >= 0.3 is 5.97 Å². The Labute approximate surface area is 150 Å². The van der Waals surface area contributed by atoms with Crippen molar-refractivity contribution in [1.82, 2.24) is 5.32 Å². The second kappa shape index (κ2) is 10.1. The fraction of sp³-hybridized carbons (Fsp3) is 0.263. The van der Waals surface area contributed by atoms with Crippen LogP contribution < -0.4 is 10.1 Å². The van der Waals surface area contributed by atoms with Gasteiger partial charge in [-0.2, -0.15) is 0 Å². The van der Waals surface area contributed by atoms with E-state index in [4.69, 9.17) is 14.2 Å². The summed E-state index contributed by atoms with van der Waals surface area (Å²) in [4.78, 5) is 23.8. The fourth-order valence-electron chi connectivity index (χ4n) is 2.06. The van der Waals surface area contributed by atoms with E-state index < -0.39 is 18.5 Å². The van der Waals surface area contributed by atoms with Crippen LogP contribution in [0.4, 0.5) is 4.39 Å². The molecule has 0 aliphatic heterocycles. The van der Waals surface area contributed by atoms with Crippen LogP contribution in [0.2, 0.25) is 0 Å². The second-order valence-corrected chi connectivity index (χ2v) is 5.33. The van der Waals surface area contributed by atoms with Crippen LogP contribution in [0.25, 0.3) is 0 Å². The fourth-order valence-corrected chi connectivity index (χ4v) is 2.06. The summed E-state index contributed by atoms with van der Waals surface area (Å²) in [6.45, 7) is 0.487. The number of benzene rings is 2. The average Bonchev–Trinajstić information content (AvgIpc) is 2.66. The van der Waals surface area contributed by atoms with Crippen molar-refractivity contribution in [2.24, 2.45) is 0 Å². The van der Waals surface area contributed by atoms with E-state index in [0.717, 1.165) is 5.56 Å². The van der Waals surface area contributed by atoms with Crippen LogP contribution in [-0.2, 0) is 20.9 Å². The second-order valence-electron chi connectivity index (χ2n) is 5.33. The molecule has 1 amide bonds. The first kappa shape index (κ1) is 19.4. The van der Waals surface area contributed by atoms with E-state index >= 15 is 0 Å². The molecule has 0 aliphatic rings. The molecule has 26 heavy (non-hydrogen) atoms. The number of amides is 1. The van der Waals surface area contributed by atoms with Crippen molar-refractivity contribution in [2.45, 2.75) is 6.61 Å². The zero-order chi connectivity index (χ0) is 18.8. The van der Waals surface area contributed by atoms with Crippen molar-refractivity contribution in [1.29, 1.82) is 0 Å². The lowest BCUT2D eigenvalue weighted by Gasteiger charge is -2.11. The number of hydrogen-bond donors (Lipinski definition) is 1. The molecule has 0 atom stereocenters. The molecular formula is C19H20FNO5. The first-order chi connectivity index (χ1) is 12.6. The molecule has 7 heteroatoms. The van der Waals surface area contributed by atoms with Crippen molar-refractivity contribution < 1.29 is 28.2 Å². The van der Waals surface area contributed by atoms with Crippen molar-refractivity contribution in [3.8, 4) is 5.75 Å². The Bertz CT molecular complexity index is 733. The summed E-state index contributed by atoms with van der Waals surface area (Å²) in [6.07, 6.45) is 0. The standard InChI is InChI=1S/C19H20FNO5/c1-24-11-10-21-18(22)13-26-19(23)16-4-2-3-5-17(16)25-12-14-6-8-15(20)9-7-14/h2-9H,10-13H2,1H3,(H,21,22). The molecule has 0 aromatic heterocycles. The monoisotopic (exact) mass is 361 g/mol. The first-order valence-electron chi connectivity index (χ1n) is 7.99. The summed E-state index contributed by atoms with van der Waals surface area (Å²) in [5, 5.41) is 2.55. The third-order valence-corrected chi connectivity index (χ3v) is 3.38. The predicted octanol–water partition coefficient (Wildman–Crippen LogP) is 2.32. The number of esters is 1. The summed E-state index contributed by atoms with van der Waals surface area (Å²) in [6, 6.07) is 12.4. The van der Waals surface area contributed by atoms with Gasteiger partial charge in [0.15, 0.2) is 6.61 Å². The van der Waals surface area contributed by atoms with Crippen LogP contribution in [0.5, 0.6) is 5.75 Å². The zero-order valence-electron chi connectivity index (χ0n) is 14.4. The van der Waals surface area contributed by atoms with Gasteiger partial charge in [0.1, 0.15) is 23.7 Å². The molecule has 6 nitrogen and oxygen atoms in total. The number of para-hydroxylation sites is 1. The lowest BCUT2D eigenvalue weighted by molar-refractivity contribution is -0.124. The van der Waals surface area contributed by atoms with Crippen molar-refractivity contribution in [3.05, 3.63) is 65.5 Å². The van der Waals surface area contributed by atoms with Gasteiger partial charge in [0, 0.05) is 13.7 Å². The maximum Gasteiger partial charge on any atom is 0.342 e. The molecular weight excluding hydrogens is 341 g/mol. The highest BCUT2D eigenvalue weighted by Gasteiger charge is 2.15. The van der Waals surface area contributed by atoms with E-state index in [1.807, 2.05) is 0 Å². The van der Waals surface area contributed by atoms with Gasteiger partial charge in [0.05, 0.1) is 6.61 Å². The number of carbonyl (C=O) groups excluding carboxylic acids is 2. The van der Waals surface area contributed by atoms with E-state index in [1.165, 1.54) is 19.2 Å². The van der Waals surface area contributed by atoms with Gasteiger partial charge in [-0.15, -0.1) is 0 Å². The van der Waals surface area contributed by atoms with Gasteiger partial charge in [-0.05, 0) is 29.8 Å². The Balaban J connectivity index is 1.91. The summed E-state index contributed by atoms with van der Waals surface area (Å²) in [7, 11) is 1.52. The minimum absolute atomic E-state index is 0.169. The van der Waals surface area contributed by atoms with Crippen molar-refractivity contribution in [3.63, 3.8) is 0 Å². The number of hydrogen-bond acceptors (Lipinski definition) is 5. The average molecular weight is 361 g/mol. The minimum Gasteiger partial charge on any atom is -0.488 e. The molecule has 2 aromatic carbocycles. The lowest BCUT2D eigenvalue weighted by Crippen LogP contribution is -2.31. The van der Waals surface area contributed by atoms with E-state index in [1.54, 1.807) is 36.4 Å². The SMILES string of the molecule is COCCNC(=O)COC(=O)c1ccccc1OCc1ccc(F)cc1. The topological polar surface area (TPSA) is 73.9 Å². The van der Waals surface area contributed by atoms with E-state index in [9.17, 15) is 14.0 Å². The smallest absolute Gasteiger partial charge is 0.342 e. The van der Waals surface area contributed by atoms with Gasteiger partial charge in [-0.25, -0.2) is 9.18 Å². The minimum atomic E-state index is -0.665. The molecule has 2 rings (SSSR count). The third-order valence-electron chi connectivity index (χ3n) is 3.38. The Kier molecular flexibility index (Phi) is 7.57. The van der Waals surface area contributed by atoms with Crippen LogP contribution in [0, 0.1) is 5.82 Å². The molecule has 0 unspecified atom stereocenters. The molecule has 0 saturated heterocycles. The van der Waals surface area contributed by atoms with Crippen LogP contribution in [0.15, 0.2) is 48.5 Å². The summed E-state index contributed by atoms with van der Waals surface area (Å²) in [5.74, 6) is -1.09. The Morgan fingerprint density at radius 2 is 1.81 bits per heavy atom. The van der Waals surface area contributed by atoms with Crippen LogP contribution in [0.3, 0.4) is 0 Å². The normalized spacial score (nSPS) is 10.2.